The first kappa shape index (κ1) is 22.5. The number of rotatable bonds is 8. The second-order valence-electron chi connectivity index (χ2n) is 7.79. The lowest BCUT2D eigenvalue weighted by Crippen LogP contribution is -2.38. The van der Waals surface area contributed by atoms with Crippen LogP contribution < -0.4 is 15.0 Å². The lowest BCUT2D eigenvalue weighted by molar-refractivity contribution is -0.121. The smallest absolute Gasteiger partial charge is 0.263 e. The molecule has 0 unspecified atom stereocenters. The summed E-state index contributed by atoms with van der Waals surface area (Å²) in [5.41, 5.74) is 0.957. The van der Waals surface area contributed by atoms with Gasteiger partial charge in [-0.15, -0.1) is 0 Å². The molecule has 0 saturated carbocycles. The first-order valence-electron chi connectivity index (χ1n) is 10.9. The van der Waals surface area contributed by atoms with Crippen molar-refractivity contribution in [2.24, 2.45) is 0 Å². The molecule has 1 N–H and O–H groups in total. The third-order valence-electron chi connectivity index (χ3n) is 5.53. The van der Waals surface area contributed by atoms with Crippen LogP contribution in [0.3, 0.4) is 0 Å². The van der Waals surface area contributed by atoms with E-state index in [1.54, 1.807) is 41.4 Å². The largest absolute Gasteiger partial charge is 0.436 e. The maximum absolute atomic E-state index is 13.2. The van der Waals surface area contributed by atoms with E-state index in [0.29, 0.717) is 48.0 Å². The molecule has 2 amide bonds. The van der Waals surface area contributed by atoms with Gasteiger partial charge in [0.05, 0.1) is 18.9 Å². The van der Waals surface area contributed by atoms with Crippen molar-refractivity contribution in [3.8, 4) is 11.6 Å². The van der Waals surface area contributed by atoms with Crippen molar-refractivity contribution in [2.75, 3.05) is 50.8 Å². The molecular formula is C23H27ClN4O4. The van der Waals surface area contributed by atoms with Crippen LogP contribution in [0.25, 0.3) is 0 Å². The van der Waals surface area contributed by atoms with Crippen molar-refractivity contribution in [1.29, 1.82) is 0 Å². The van der Waals surface area contributed by atoms with Crippen LogP contribution in [0.15, 0.2) is 36.5 Å². The molecule has 0 aliphatic carbocycles. The number of nitrogens with zero attached hydrogens (tertiary/aromatic N) is 3. The van der Waals surface area contributed by atoms with Crippen LogP contribution in [0.1, 0.15) is 29.6 Å². The molecule has 1 aromatic carbocycles. The fraction of sp³-hybridized carbons (Fsp3) is 0.435. The van der Waals surface area contributed by atoms with Gasteiger partial charge in [0, 0.05) is 43.8 Å². The number of amides is 2. The van der Waals surface area contributed by atoms with Gasteiger partial charge in [-0.25, -0.2) is 4.98 Å². The maximum atomic E-state index is 13.2. The van der Waals surface area contributed by atoms with Crippen molar-refractivity contribution in [3.05, 3.63) is 47.1 Å². The van der Waals surface area contributed by atoms with Gasteiger partial charge < -0.3 is 19.7 Å². The van der Waals surface area contributed by atoms with Gasteiger partial charge >= 0.3 is 0 Å². The molecule has 170 valence electrons. The van der Waals surface area contributed by atoms with E-state index in [9.17, 15) is 9.59 Å². The number of halogens is 1. The molecule has 8 nitrogen and oxygen atoms in total. The number of fused-ring (bicyclic) bond motifs is 2. The highest BCUT2D eigenvalue weighted by Crippen LogP contribution is 2.39. The first-order chi connectivity index (χ1) is 15.6. The Labute approximate surface area is 192 Å². The van der Waals surface area contributed by atoms with Crippen LogP contribution in [-0.4, -0.2) is 67.6 Å². The molecule has 4 rings (SSSR count). The average molecular weight is 459 g/mol. The molecule has 0 radical (unpaired) electrons. The summed E-state index contributed by atoms with van der Waals surface area (Å²) in [5, 5.41) is 3.47. The molecule has 2 aliphatic rings. The zero-order chi connectivity index (χ0) is 22.3. The van der Waals surface area contributed by atoms with Crippen LogP contribution in [0.5, 0.6) is 11.6 Å². The Hall–Kier alpha value is -2.68. The van der Waals surface area contributed by atoms with E-state index < -0.39 is 0 Å². The predicted molar refractivity (Wildman–Crippen MR) is 122 cm³/mol. The zero-order valence-corrected chi connectivity index (χ0v) is 18.6. The molecular weight excluding hydrogens is 432 g/mol. The number of benzene rings is 1. The van der Waals surface area contributed by atoms with E-state index in [1.807, 2.05) is 0 Å². The SMILES string of the molecule is O=C(CCCN1C(=O)c2cccnc2Oc2ccc(Cl)cc21)NCCCN1CCOCC1. The van der Waals surface area contributed by atoms with E-state index in [0.717, 1.165) is 39.3 Å². The van der Waals surface area contributed by atoms with Gasteiger partial charge in [0.15, 0.2) is 5.75 Å². The Morgan fingerprint density at radius 1 is 1.16 bits per heavy atom. The highest BCUT2D eigenvalue weighted by atomic mass is 35.5. The van der Waals surface area contributed by atoms with Crippen LogP contribution in [-0.2, 0) is 9.53 Å². The molecule has 2 aromatic rings. The first-order valence-corrected chi connectivity index (χ1v) is 11.3. The second-order valence-corrected chi connectivity index (χ2v) is 8.22. The van der Waals surface area contributed by atoms with Crippen LogP contribution in [0.2, 0.25) is 5.02 Å². The molecule has 0 spiro atoms. The van der Waals surface area contributed by atoms with Crippen molar-refractivity contribution in [1.82, 2.24) is 15.2 Å². The van der Waals surface area contributed by atoms with E-state index in [-0.39, 0.29) is 17.7 Å². The van der Waals surface area contributed by atoms with E-state index >= 15 is 0 Å². The number of carbonyl (C=O) groups is 2. The summed E-state index contributed by atoms with van der Waals surface area (Å²) in [4.78, 5) is 33.6. The lowest BCUT2D eigenvalue weighted by atomic mass is 10.2. The summed E-state index contributed by atoms with van der Waals surface area (Å²) in [6.07, 6.45) is 3.34. The number of carbonyl (C=O) groups excluding carboxylic acids is 2. The number of hydrogen-bond acceptors (Lipinski definition) is 6. The van der Waals surface area contributed by atoms with E-state index in [4.69, 9.17) is 21.1 Å². The number of anilines is 1. The van der Waals surface area contributed by atoms with Gasteiger partial charge in [-0.1, -0.05) is 11.6 Å². The fourth-order valence-electron chi connectivity index (χ4n) is 3.84. The van der Waals surface area contributed by atoms with Gasteiger partial charge in [-0.3, -0.25) is 14.5 Å². The van der Waals surface area contributed by atoms with Crippen LogP contribution in [0.4, 0.5) is 5.69 Å². The molecule has 1 saturated heterocycles. The molecule has 0 atom stereocenters. The normalized spacial score (nSPS) is 16.0. The zero-order valence-electron chi connectivity index (χ0n) is 17.9. The van der Waals surface area contributed by atoms with Crippen LogP contribution >= 0.6 is 11.6 Å². The molecule has 3 heterocycles. The van der Waals surface area contributed by atoms with Gasteiger partial charge in [0.2, 0.25) is 11.8 Å². The van der Waals surface area contributed by atoms with Gasteiger partial charge in [-0.05, 0) is 49.7 Å². The summed E-state index contributed by atoms with van der Waals surface area (Å²) in [7, 11) is 0. The van der Waals surface area contributed by atoms with E-state index in [2.05, 4.69) is 15.2 Å². The topological polar surface area (TPSA) is 84.0 Å². The summed E-state index contributed by atoms with van der Waals surface area (Å²) in [6, 6.07) is 8.52. The Balaban J connectivity index is 1.31. The third-order valence-corrected chi connectivity index (χ3v) is 5.76. The highest BCUT2D eigenvalue weighted by molar-refractivity contribution is 6.31. The lowest BCUT2D eigenvalue weighted by Gasteiger charge is -2.26. The Morgan fingerprint density at radius 3 is 2.84 bits per heavy atom. The second kappa shape index (κ2) is 10.8. The summed E-state index contributed by atoms with van der Waals surface area (Å²) in [6.45, 7) is 5.42. The predicted octanol–water partition coefficient (Wildman–Crippen LogP) is 3.11. The Morgan fingerprint density at radius 2 is 2.00 bits per heavy atom. The van der Waals surface area contributed by atoms with Gasteiger partial charge in [-0.2, -0.15) is 0 Å². The summed E-state index contributed by atoms with van der Waals surface area (Å²) >= 11 is 6.18. The molecule has 32 heavy (non-hydrogen) atoms. The minimum Gasteiger partial charge on any atom is -0.436 e. The molecule has 0 bridgehead atoms. The summed E-state index contributed by atoms with van der Waals surface area (Å²) in [5.74, 6) is 0.535. The van der Waals surface area contributed by atoms with Crippen LogP contribution in [0, 0.1) is 0 Å². The minimum absolute atomic E-state index is 0.0149. The average Bonchev–Trinajstić information content (AvgIpc) is 2.92. The third kappa shape index (κ3) is 5.56. The molecule has 1 aromatic heterocycles. The van der Waals surface area contributed by atoms with Crippen molar-refractivity contribution in [2.45, 2.75) is 19.3 Å². The van der Waals surface area contributed by atoms with E-state index in [1.165, 1.54) is 0 Å². The Bertz CT molecular complexity index is 965. The number of pyridine rings is 1. The Kier molecular flexibility index (Phi) is 7.57. The van der Waals surface area contributed by atoms with Crippen molar-refractivity contribution >= 4 is 29.1 Å². The standard InChI is InChI=1S/C23H27ClN4O4/c24-17-6-7-20-19(16-17)28(23(30)18-4-1-8-26-22(18)32-20)11-2-5-21(29)25-9-3-10-27-12-14-31-15-13-27/h1,4,6-8,16H,2-3,5,9-15H2,(H,25,29). The number of morpholine rings is 1. The molecule has 1 fully saturated rings. The van der Waals surface area contributed by atoms with Crippen molar-refractivity contribution < 1.29 is 19.1 Å². The fourth-order valence-corrected chi connectivity index (χ4v) is 4.01. The molecule has 9 heteroatoms. The number of hydrogen-bond donors (Lipinski definition) is 1. The van der Waals surface area contributed by atoms with Gasteiger partial charge in [0.25, 0.3) is 5.91 Å². The number of aromatic nitrogens is 1. The van der Waals surface area contributed by atoms with Gasteiger partial charge in [0.1, 0.15) is 5.56 Å². The summed E-state index contributed by atoms with van der Waals surface area (Å²) < 4.78 is 11.2. The number of nitrogens with one attached hydrogen (secondary N) is 1. The highest BCUT2D eigenvalue weighted by Gasteiger charge is 2.29. The maximum Gasteiger partial charge on any atom is 0.263 e. The monoisotopic (exact) mass is 458 g/mol. The quantitative estimate of drug-likeness (QED) is 0.612. The van der Waals surface area contributed by atoms with Crippen molar-refractivity contribution in [3.63, 3.8) is 0 Å². The minimum atomic E-state index is -0.222. The molecule has 2 aliphatic heterocycles. The number of ether oxygens (including phenoxy) is 2.